The molecule has 7 heteroatoms. The molecule has 0 spiro atoms. The van der Waals surface area contributed by atoms with Crippen LogP contribution in [0, 0.1) is 17.6 Å². The third-order valence-corrected chi connectivity index (χ3v) is 4.03. The summed E-state index contributed by atoms with van der Waals surface area (Å²) in [6.07, 6.45) is 0.473. The van der Waals surface area contributed by atoms with Crippen molar-refractivity contribution < 1.29 is 23.1 Å². The molecule has 1 aromatic rings. The van der Waals surface area contributed by atoms with Crippen LogP contribution in [0.1, 0.15) is 31.7 Å². The van der Waals surface area contributed by atoms with Crippen LogP contribution in [0.5, 0.6) is 0 Å². The van der Waals surface area contributed by atoms with E-state index < -0.39 is 17.7 Å². The van der Waals surface area contributed by atoms with Crippen molar-refractivity contribution in [3.63, 3.8) is 0 Å². The molecule has 1 fully saturated rings. The van der Waals surface area contributed by atoms with Crippen molar-refractivity contribution in [3.05, 3.63) is 35.4 Å². The average Bonchev–Trinajstić information content (AvgIpc) is 3.23. The van der Waals surface area contributed by atoms with Crippen molar-refractivity contribution in [2.45, 2.75) is 38.3 Å². The lowest BCUT2D eigenvalue weighted by Crippen LogP contribution is -2.51. The Morgan fingerprint density at radius 3 is 2.46 bits per heavy atom. The standard InChI is InChI=1S/C17H22F2N2O3/c1-9(2)16(21-14(22)8-24-3)17(23)20-13-7-10(13)15-11(18)5-4-6-12(15)19/h4-6,9-10,13,16H,7-8H2,1-3H3,(H,20,23)(H,21,22)/t10-,13-,16+/m1/s1. The molecule has 0 aromatic heterocycles. The number of rotatable bonds is 7. The summed E-state index contributed by atoms with van der Waals surface area (Å²) in [4.78, 5) is 24.0. The van der Waals surface area contributed by atoms with Gasteiger partial charge in [-0.2, -0.15) is 0 Å². The van der Waals surface area contributed by atoms with E-state index in [9.17, 15) is 18.4 Å². The fraction of sp³-hybridized carbons (Fsp3) is 0.529. The molecule has 3 atom stereocenters. The fourth-order valence-electron chi connectivity index (χ4n) is 2.69. The minimum absolute atomic E-state index is 0.00677. The molecule has 1 saturated carbocycles. The Morgan fingerprint density at radius 1 is 1.29 bits per heavy atom. The predicted octanol–water partition coefficient (Wildman–Crippen LogP) is 1.72. The van der Waals surface area contributed by atoms with E-state index in [1.807, 2.05) is 0 Å². The van der Waals surface area contributed by atoms with Gasteiger partial charge in [0.05, 0.1) is 0 Å². The molecule has 0 bridgehead atoms. The van der Waals surface area contributed by atoms with Crippen LogP contribution in [0.4, 0.5) is 8.78 Å². The van der Waals surface area contributed by atoms with E-state index in [-0.39, 0.29) is 41.9 Å². The van der Waals surface area contributed by atoms with Crippen LogP contribution in [-0.2, 0) is 14.3 Å². The number of methoxy groups -OCH3 is 1. The Bertz CT molecular complexity index is 602. The van der Waals surface area contributed by atoms with Crippen LogP contribution in [0.2, 0.25) is 0 Å². The highest BCUT2D eigenvalue weighted by atomic mass is 19.1. The van der Waals surface area contributed by atoms with Gasteiger partial charge in [-0.05, 0) is 24.5 Å². The van der Waals surface area contributed by atoms with Crippen molar-refractivity contribution in [2.24, 2.45) is 5.92 Å². The van der Waals surface area contributed by atoms with Gasteiger partial charge in [0.15, 0.2) is 0 Å². The molecule has 0 aliphatic heterocycles. The first-order valence-electron chi connectivity index (χ1n) is 7.87. The van der Waals surface area contributed by atoms with E-state index >= 15 is 0 Å². The molecule has 1 aliphatic rings. The first-order valence-corrected chi connectivity index (χ1v) is 7.87. The van der Waals surface area contributed by atoms with Crippen molar-refractivity contribution in [1.82, 2.24) is 10.6 Å². The monoisotopic (exact) mass is 340 g/mol. The van der Waals surface area contributed by atoms with E-state index in [1.165, 1.54) is 25.3 Å². The summed E-state index contributed by atoms with van der Waals surface area (Å²) in [6, 6.07) is 2.67. The predicted molar refractivity (Wildman–Crippen MR) is 84.3 cm³/mol. The van der Waals surface area contributed by atoms with E-state index in [0.29, 0.717) is 6.42 Å². The quantitative estimate of drug-likeness (QED) is 0.794. The summed E-state index contributed by atoms with van der Waals surface area (Å²) in [5, 5.41) is 5.36. The zero-order chi connectivity index (χ0) is 17.9. The number of carbonyl (C=O) groups is 2. The summed E-state index contributed by atoms with van der Waals surface area (Å²) in [7, 11) is 1.39. The number of nitrogens with one attached hydrogen (secondary N) is 2. The van der Waals surface area contributed by atoms with Gasteiger partial charge in [-0.25, -0.2) is 8.78 Å². The highest BCUT2D eigenvalue weighted by Gasteiger charge is 2.43. The Morgan fingerprint density at radius 2 is 1.92 bits per heavy atom. The normalized spacial score (nSPS) is 20.6. The summed E-state index contributed by atoms with van der Waals surface area (Å²) < 4.78 is 32.3. The highest BCUT2D eigenvalue weighted by molar-refractivity contribution is 5.88. The third kappa shape index (κ3) is 4.29. The maximum Gasteiger partial charge on any atom is 0.246 e. The molecular weight excluding hydrogens is 318 g/mol. The van der Waals surface area contributed by atoms with Gasteiger partial charge >= 0.3 is 0 Å². The van der Waals surface area contributed by atoms with E-state index in [1.54, 1.807) is 13.8 Å². The molecule has 2 amide bonds. The fourth-order valence-corrected chi connectivity index (χ4v) is 2.69. The third-order valence-electron chi connectivity index (χ3n) is 4.03. The Balaban J connectivity index is 1.98. The maximum absolute atomic E-state index is 13.8. The van der Waals surface area contributed by atoms with Gasteiger partial charge in [0.25, 0.3) is 0 Å². The molecule has 2 rings (SSSR count). The second kappa shape index (κ2) is 7.70. The van der Waals surface area contributed by atoms with Crippen LogP contribution >= 0.6 is 0 Å². The number of hydrogen-bond donors (Lipinski definition) is 2. The van der Waals surface area contributed by atoms with Crippen LogP contribution in [0.3, 0.4) is 0 Å². The highest BCUT2D eigenvalue weighted by Crippen LogP contribution is 2.43. The van der Waals surface area contributed by atoms with Gasteiger partial charge in [-0.3, -0.25) is 9.59 Å². The molecule has 2 N–H and O–H groups in total. The lowest BCUT2D eigenvalue weighted by Gasteiger charge is -2.21. The molecule has 0 heterocycles. The van der Waals surface area contributed by atoms with Crippen LogP contribution in [0.15, 0.2) is 18.2 Å². The number of benzene rings is 1. The summed E-state index contributed by atoms with van der Waals surface area (Å²) in [6.45, 7) is 3.47. The molecule has 0 radical (unpaired) electrons. The SMILES string of the molecule is COCC(=O)N[C@H](C(=O)N[C@@H]1C[C@H]1c1c(F)cccc1F)C(C)C. The Kier molecular flexibility index (Phi) is 5.88. The lowest BCUT2D eigenvalue weighted by molar-refractivity contribution is -0.132. The number of halogens is 2. The minimum Gasteiger partial charge on any atom is -0.375 e. The largest absolute Gasteiger partial charge is 0.375 e. The molecular formula is C17H22F2N2O3. The summed E-state index contributed by atoms with van der Waals surface area (Å²) in [5.41, 5.74) is 0.00677. The summed E-state index contributed by atoms with van der Waals surface area (Å²) >= 11 is 0. The molecule has 0 saturated heterocycles. The van der Waals surface area contributed by atoms with Gasteiger partial charge in [0.2, 0.25) is 11.8 Å². The minimum atomic E-state index is -0.723. The second-order valence-electron chi connectivity index (χ2n) is 6.31. The first kappa shape index (κ1) is 18.3. The van der Waals surface area contributed by atoms with Crippen LogP contribution in [-0.4, -0.2) is 37.6 Å². The molecule has 132 valence electrons. The average molecular weight is 340 g/mol. The van der Waals surface area contributed by atoms with Crippen molar-refractivity contribution in [2.75, 3.05) is 13.7 Å². The first-order chi connectivity index (χ1) is 11.3. The number of ether oxygens (including phenoxy) is 1. The number of amides is 2. The molecule has 1 aromatic carbocycles. The van der Waals surface area contributed by atoms with Gasteiger partial charge in [0.1, 0.15) is 24.3 Å². The zero-order valence-corrected chi connectivity index (χ0v) is 13.9. The molecule has 0 unspecified atom stereocenters. The van der Waals surface area contributed by atoms with E-state index in [2.05, 4.69) is 10.6 Å². The van der Waals surface area contributed by atoms with E-state index in [4.69, 9.17) is 4.74 Å². The number of carbonyl (C=O) groups excluding carboxylic acids is 2. The van der Waals surface area contributed by atoms with Crippen molar-refractivity contribution >= 4 is 11.8 Å². The summed E-state index contributed by atoms with van der Waals surface area (Å²) in [5.74, 6) is -2.47. The second-order valence-corrected chi connectivity index (χ2v) is 6.31. The Hall–Kier alpha value is -2.02. The molecule has 5 nitrogen and oxygen atoms in total. The van der Waals surface area contributed by atoms with Crippen molar-refractivity contribution in [3.8, 4) is 0 Å². The van der Waals surface area contributed by atoms with Gasteiger partial charge in [0, 0.05) is 24.6 Å². The van der Waals surface area contributed by atoms with Crippen molar-refractivity contribution in [1.29, 1.82) is 0 Å². The van der Waals surface area contributed by atoms with Gasteiger partial charge < -0.3 is 15.4 Å². The van der Waals surface area contributed by atoms with Crippen LogP contribution < -0.4 is 10.6 Å². The molecule has 24 heavy (non-hydrogen) atoms. The molecule has 1 aliphatic carbocycles. The van der Waals surface area contributed by atoms with Crippen LogP contribution in [0.25, 0.3) is 0 Å². The number of hydrogen-bond acceptors (Lipinski definition) is 3. The van der Waals surface area contributed by atoms with Gasteiger partial charge in [-0.15, -0.1) is 0 Å². The smallest absolute Gasteiger partial charge is 0.246 e. The lowest BCUT2D eigenvalue weighted by atomic mass is 10.0. The maximum atomic E-state index is 13.8. The van der Waals surface area contributed by atoms with Gasteiger partial charge in [-0.1, -0.05) is 19.9 Å². The Labute approximate surface area is 139 Å². The topological polar surface area (TPSA) is 67.4 Å². The van der Waals surface area contributed by atoms with E-state index in [0.717, 1.165) is 0 Å². The zero-order valence-electron chi connectivity index (χ0n) is 13.9.